The number of rotatable bonds is 11. The lowest BCUT2D eigenvalue weighted by Crippen LogP contribution is -2.32. The Hall–Kier alpha value is -5.36. The van der Waals surface area contributed by atoms with Gasteiger partial charge in [0, 0.05) is 10.9 Å². The van der Waals surface area contributed by atoms with E-state index in [1.807, 2.05) is 86.6 Å². The highest BCUT2D eigenvalue weighted by atomic mass is 32.2. The molecular formula is C39H35N5O4S2. The van der Waals surface area contributed by atoms with Crippen LogP contribution in [-0.2, 0) is 39.7 Å². The van der Waals surface area contributed by atoms with Crippen LogP contribution in [-0.4, -0.2) is 40.1 Å². The molecule has 0 aliphatic rings. The number of hydrogen-bond donors (Lipinski definition) is 0. The van der Waals surface area contributed by atoms with Crippen LogP contribution in [0.4, 0.5) is 0 Å². The van der Waals surface area contributed by atoms with Crippen molar-refractivity contribution >= 4 is 30.9 Å². The van der Waals surface area contributed by atoms with E-state index >= 15 is 0 Å². The molecule has 0 saturated heterocycles. The molecule has 0 N–H and O–H groups in total. The van der Waals surface area contributed by atoms with Gasteiger partial charge >= 0.3 is 0 Å². The molecule has 0 saturated carbocycles. The number of benzene rings is 5. The molecule has 0 aliphatic heterocycles. The second-order valence-electron chi connectivity index (χ2n) is 12.3. The fourth-order valence-corrected chi connectivity index (χ4v) is 9.04. The van der Waals surface area contributed by atoms with Crippen molar-refractivity contribution < 1.29 is 16.8 Å². The Balaban J connectivity index is 1.42. The molecule has 7 rings (SSSR count). The van der Waals surface area contributed by atoms with Crippen molar-refractivity contribution in [3.05, 3.63) is 168 Å². The van der Waals surface area contributed by atoms with Crippen LogP contribution < -0.4 is 0 Å². The van der Waals surface area contributed by atoms with E-state index in [9.17, 15) is 16.8 Å². The molecule has 7 aromatic rings. The maximum Gasteiger partial charge on any atom is 0.268 e. The van der Waals surface area contributed by atoms with Gasteiger partial charge in [0.25, 0.3) is 10.0 Å². The van der Waals surface area contributed by atoms with Crippen molar-refractivity contribution in [2.75, 3.05) is 0 Å². The van der Waals surface area contributed by atoms with Crippen LogP contribution in [0.3, 0.4) is 0 Å². The van der Waals surface area contributed by atoms with Crippen molar-refractivity contribution in [2.24, 2.45) is 0 Å². The number of nitrogens with zero attached hydrogens (tertiary/aromatic N) is 5. The van der Waals surface area contributed by atoms with Crippen LogP contribution in [0.15, 0.2) is 149 Å². The summed E-state index contributed by atoms with van der Waals surface area (Å²) in [5.41, 5.74) is 5.42. The summed E-state index contributed by atoms with van der Waals surface area (Å²) in [6.45, 7) is 3.82. The van der Waals surface area contributed by atoms with Gasteiger partial charge in [-0.25, -0.2) is 25.5 Å². The molecule has 2 heterocycles. The molecule has 0 aliphatic carbocycles. The first-order chi connectivity index (χ1) is 24.1. The van der Waals surface area contributed by atoms with Gasteiger partial charge in [0.15, 0.2) is 0 Å². The molecule has 0 radical (unpaired) electrons. The van der Waals surface area contributed by atoms with E-state index in [1.54, 1.807) is 71.5 Å². The van der Waals surface area contributed by atoms with Crippen LogP contribution >= 0.6 is 0 Å². The number of fused-ring (bicyclic) bond motifs is 1. The zero-order valence-corrected chi connectivity index (χ0v) is 29.2. The maximum absolute atomic E-state index is 14.7. The summed E-state index contributed by atoms with van der Waals surface area (Å²) in [5.74, 6) is 0. The van der Waals surface area contributed by atoms with E-state index in [2.05, 4.69) is 10.3 Å². The van der Waals surface area contributed by atoms with Crippen molar-refractivity contribution in [3.63, 3.8) is 0 Å². The zero-order valence-electron chi connectivity index (χ0n) is 27.6. The Kier molecular flexibility index (Phi) is 8.96. The van der Waals surface area contributed by atoms with Crippen molar-refractivity contribution in [2.45, 2.75) is 43.3 Å². The first-order valence-corrected chi connectivity index (χ1v) is 19.0. The van der Waals surface area contributed by atoms with E-state index in [0.717, 1.165) is 22.3 Å². The van der Waals surface area contributed by atoms with Crippen LogP contribution in [0.2, 0.25) is 0 Å². The monoisotopic (exact) mass is 701 g/mol. The Morgan fingerprint density at radius 1 is 0.640 bits per heavy atom. The third-order valence-electron chi connectivity index (χ3n) is 8.64. The average molecular weight is 702 g/mol. The highest BCUT2D eigenvalue weighted by Crippen LogP contribution is 2.39. The number of hydrogen-bond acceptors (Lipinski definition) is 6. The number of aromatic nitrogens is 4. The summed E-state index contributed by atoms with van der Waals surface area (Å²) in [5, 5.41) is 9.32. The predicted octanol–water partition coefficient (Wildman–Crippen LogP) is 7.19. The summed E-state index contributed by atoms with van der Waals surface area (Å²) in [6, 6.07) is 39.8. The molecule has 252 valence electrons. The van der Waals surface area contributed by atoms with E-state index in [0.29, 0.717) is 34.4 Å². The molecule has 2 aromatic heterocycles. The lowest BCUT2D eigenvalue weighted by molar-refractivity contribution is 0.392. The van der Waals surface area contributed by atoms with E-state index in [-0.39, 0.29) is 22.9 Å². The number of sulfonamides is 1. The Morgan fingerprint density at radius 3 is 1.88 bits per heavy atom. The van der Waals surface area contributed by atoms with Crippen molar-refractivity contribution in [1.29, 1.82) is 0 Å². The third kappa shape index (κ3) is 6.50. The summed E-state index contributed by atoms with van der Waals surface area (Å²) >= 11 is 0. The van der Waals surface area contributed by atoms with Crippen LogP contribution in [0.1, 0.15) is 28.1 Å². The molecule has 0 bridgehead atoms. The van der Waals surface area contributed by atoms with Gasteiger partial charge in [-0.3, -0.25) is 0 Å². The molecule has 0 fully saturated rings. The topological polar surface area (TPSA) is 107 Å². The minimum absolute atomic E-state index is 0.0880. The smallest absolute Gasteiger partial charge is 0.248 e. The molecule has 11 heteroatoms. The summed E-state index contributed by atoms with van der Waals surface area (Å²) in [7, 11) is -8.39. The van der Waals surface area contributed by atoms with Gasteiger partial charge in [0.05, 0.1) is 52.5 Å². The van der Waals surface area contributed by atoms with Gasteiger partial charge < -0.3 is 0 Å². The molecule has 0 unspecified atom stereocenters. The second-order valence-corrected chi connectivity index (χ2v) is 16.0. The third-order valence-corrected chi connectivity index (χ3v) is 12.2. The summed E-state index contributed by atoms with van der Waals surface area (Å²) in [6.07, 6.45) is 1.72. The minimum atomic E-state index is -4.20. The van der Waals surface area contributed by atoms with Crippen LogP contribution in [0.25, 0.3) is 22.0 Å². The lowest BCUT2D eigenvalue weighted by atomic mass is 10.0. The first-order valence-electron chi connectivity index (χ1n) is 16.1. The van der Waals surface area contributed by atoms with Crippen LogP contribution in [0, 0.1) is 13.8 Å². The van der Waals surface area contributed by atoms with Gasteiger partial charge in [0.1, 0.15) is 0 Å². The molecular weight excluding hydrogens is 667 g/mol. The lowest BCUT2D eigenvalue weighted by Gasteiger charge is -2.23. The molecule has 0 amide bonds. The van der Waals surface area contributed by atoms with Crippen LogP contribution in [0.5, 0.6) is 0 Å². The zero-order chi connectivity index (χ0) is 34.9. The molecule has 9 nitrogen and oxygen atoms in total. The molecule has 0 spiro atoms. The van der Waals surface area contributed by atoms with E-state index in [1.165, 1.54) is 8.28 Å². The molecule has 5 aromatic carbocycles. The largest absolute Gasteiger partial charge is 0.268 e. The average Bonchev–Trinajstić information content (AvgIpc) is 3.70. The summed E-state index contributed by atoms with van der Waals surface area (Å²) < 4.78 is 62.8. The van der Waals surface area contributed by atoms with Gasteiger partial charge in [-0.05, 0) is 55.3 Å². The summed E-state index contributed by atoms with van der Waals surface area (Å²) in [4.78, 5) is 0.187. The molecule has 50 heavy (non-hydrogen) atoms. The SMILES string of the molecule is Cc1ccc(S(=O)(=O)N(Cc2cn(Cc3ccccc3)nn2)Cc2c(-c3ccccc3)c3ccccc3n2S(=O)(=O)c2ccc(C)cc2)cc1. The van der Waals surface area contributed by atoms with Gasteiger partial charge in [-0.15, -0.1) is 5.10 Å². The number of aryl methyl sites for hydroxylation is 2. The standard InChI is InChI=1S/C39H35N5O4S2/c1-29-17-21-34(22-18-29)49(45,46)43(27-33-26-42(41-40-33)25-31-11-5-3-6-12-31)28-38-39(32-13-7-4-8-14-32)36-15-9-10-16-37(36)44(38)50(47,48)35-23-19-30(2)20-24-35/h3-24,26H,25,27-28H2,1-2H3. The van der Waals surface area contributed by atoms with E-state index in [4.69, 9.17) is 0 Å². The fraction of sp³-hybridized carbons (Fsp3) is 0.128. The van der Waals surface area contributed by atoms with E-state index < -0.39 is 20.0 Å². The van der Waals surface area contributed by atoms with Crippen molar-refractivity contribution in [1.82, 2.24) is 23.3 Å². The Bertz CT molecular complexity index is 2490. The van der Waals surface area contributed by atoms with Gasteiger partial charge in [0.2, 0.25) is 10.0 Å². The fourth-order valence-electron chi connectivity index (χ4n) is 6.12. The minimum Gasteiger partial charge on any atom is -0.248 e. The highest BCUT2D eigenvalue weighted by molar-refractivity contribution is 7.90. The Labute approximate surface area is 292 Å². The van der Waals surface area contributed by atoms with Gasteiger partial charge in [-0.2, -0.15) is 4.31 Å². The van der Waals surface area contributed by atoms with Gasteiger partial charge in [-0.1, -0.05) is 119 Å². The maximum atomic E-state index is 14.7. The van der Waals surface area contributed by atoms with Crippen molar-refractivity contribution in [3.8, 4) is 11.1 Å². The Morgan fingerprint density at radius 2 is 1.22 bits per heavy atom. The number of para-hydroxylation sites is 1. The highest BCUT2D eigenvalue weighted by Gasteiger charge is 2.33. The quantitative estimate of drug-likeness (QED) is 0.141. The second kappa shape index (κ2) is 13.5. The normalized spacial score (nSPS) is 12.1. The molecule has 0 atom stereocenters. The first kappa shape index (κ1) is 33.2. The predicted molar refractivity (Wildman–Crippen MR) is 194 cm³/mol.